The van der Waals surface area contributed by atoms with Crippen molar-refractivity contribution in [2.24, 2.45) is 11.0 Å². The predicted octanol–water partition coefficient (Wildman–Crippen LogP) is 4.75. The van der Waals surface area contributed by atoms with Gasteiger partial charge in [-0.05, 0) is 25.7 Å². The Bertz CT molecular complexity index is 667. The number of nitro benzene ring substituents is 2. The number of benzene rings is 1. The van der Waals surface area contributed by atoms with Crippen LogP contribution >= 0.6 is 0 Å². The Morgan fingerprint density at radius 1 is 1.20 bits per heavy atom. The maximum Gasteiger partial charge on any atom is 0.416 e. The number of hydrazone groups is 1. The molecule has 0 unspecified atom stereocenters. The lowest BCUT2D eigenvalue weighted by Gasteiger charge is -2.10. The molecule has 0 aliphatic rings. The number of rotatable bonds is 7. The van der Waals surface area contributed by atoms with Crippen LogP contribution in [0.1, 0.15) is 39.2 Å². The first kappa shape index (κ1) is 20.3. The van der Waals surface area contributed by atoms with Crippen molar-refractivity contribution < 1.29 is 23.0 Å². The Balaban J connectivity index is 3.35. The molecule has 11 heteroatoms. The fourth-order valence-electron chi connectivity index (χ4n) is 1.88. The first-order valence-corrected chi connectivity index (χ1v) is 7.26. The van der Waals surface area contributed by atoms with Crippen LogP contribution in [0.5, 0.6) is 0 Å². The van der Waals surface area contributed by atoms with Crippen LogP contribution in [0.15, 0.2) is 17.2 Å². The summed E-state index contributed by atoms with van der Waals surface area (Å²) in [4.78, 5) is 19.9. The zero-order chi connectivity index (χ0) is 19.4. The lowest BCUT2D eigenvalue weighted by atomic mass is 10.1. The van der Waals surface area contributed by atoms with E-state index in [9.17, 15) is 33.4 Å². The third kappa shape index (κ3) is 5.69. The van der Waals surface area contributed by atoms with E-state index < -0.39 is 38.6 Å². The number of nitro groups is 2. The molecular weight excluding hydrogens is 345 g/mol. The van der Waals surface area contributed by atoms with Crippen LogP contribution in [0, 0.1) is 26.1 Å². The van der Waals surface area contributed by atoms with Crippen molar-refractivity contribution in [2.45, 2.75) is 39.8 Å². The summed E-state index contributed by atoms with van der Waals surface area (Å²) in [5, 5.41) is 25.9. The van der Waals surface area contributed by atoms with Crippen molar-refractivity contribution in [1.82, 2.24) is 0 Å². The number of alkyl halides is 3. The highest BCUT2D eigenvalue weighted by Crippen LogP contribution is 2.41. The van der Waals surface area contributed by atoms with Crippen molar-refractivity contribution in [3.63, 3.8) is 0 Å². The van der Waals surface area contributed by atoms with Crippen molar-refractivity contribution in [3.05, 3.63) is 37.9 Å². The Hall–Kier alpha value is -2.72. The molecule has 25 heavy (non-hydrogen) atoms. The SMILES string of the molecule is C/C(CCC(C)C)=N/Nc1c([N+](=O)[O-])cc(C(F)(F)F)cc1[N+](=O)[O-]. The molecule has 0 atom stereocenters. The highest BCUT2D eigenvalue weighted by Gasteiger charge is 2.37. The van der Waals surface area contributed by atoms with Gasteiger partial charge >= 0.3 is 17.6 Å². The van der Waals surface area contributed by atoms with E-state index in [1.54, 1.807) is 6.92 Å². The summed E-state index contributed by atoms with van der Waals surface area (Å²) in [6.45, 7) is 5.57. The first-order chi connectivity index (χ1) is 11.4. The van der Waals surface area contributed by atoms with E-state index >= 15 is 0 Å². The Morgan fingerprint density at radius 3 is 2.04 bits per heavy atom. The number of nitrogens with one attached hydrogen (secondary N) is 1. The summed E-state index contributed by atoms with van der Waals surface area (Å²) in [6, 6.07) is 0.489. The summed E-state index contributed by atoms with van der Waals surface area (Å²) in [5.74, 6) is 0.375. The summed E-state index contributed by atoms with van der Waals surface area (Å²) in [6.07, 6.45) is -3.65. The molecule has 0 amide bonds. The second kappa shape index (κ2) is 7.90. The molecule has 0 aliphatic carbocycles. The lowest BCUT2D eigenvalue weighted by Crippen LogP contribution is -2.10. The molecule has 8 nitrogen and oxygen atoms in total. The zero-order valence-electron chi connectivity index (χ0n) is 13.8. The van der Waals surface area contributed by atoms with Crippen molar-refractivity contribution in [3.8, 4) is 0 Å². The second-order valence-electron chi connectivity index (χ2n) is 5.79. The second-order valence-corrected chi connectivity index (χ2v) is 5.79. The van der Waals surface area contributed by atoms with Gasteiger partial charge in [-0.3, -0.25) is 25.7 Å². The van der Waals surface area contributed by atoms with Gasteiger partial charge in [0.05, 0.1) is 15.4 Å². The molecule has 0 aromatic heterocycles. The van der Waals surface area contributed by atoms with Gasteiger partial charge < -0.3 is 0 Å². The molecule has 1 N–H and O–H groups in total. The quantitative estimate of drug-likeness (QED) is 0.428. The average molecular weight is 362 g/mol. The van der Waals surface area contributed by atoms with Crippen LogP contribution < -0.4 is 5.43 Å². The fourth-order valence-corrected chi connectivity index (χ4v) is 1.88. The van der Waals surface area contributed by atoms with Gasteiger partial charge in [-0.15, -0.1) is 0 Å². The van der Waals surface area contributed by atoms with E-state index in [0.717, 1.165) is 6.42 Å². The van der Waals surface area contributed by atoms with Gasteiger partial charge in [0.2, 0.25) is 5.69 Å². The molecule has 1 aromatic rings. The number of halogens is 3. The highest BCUT2D eigenvalue weighted by atomic mass is 19.4. The molecule has 0 spiro atoms. The summed E-state index contributed by atoms with van der Waals surface area (Å²) in [7, 11) is 0. The maximum atomic E-state index is 12.8. The predicted molar refractivity (Wildman–Crippen MR) is 85.6 cm³/mol. The summed E-state index contributed by atoms with van der Waals surface area (Å²) < 4.78 is 38.4. The smallest absolute Gasteiger partial charge is 0.266 e. The minimum absolute atomic E-state index is 0.244. The molecule has 0 radical (unpaired) electrons. The van der Waals surface area contributed by atoms with Crippen LogP contribution in [0.4, 0.5) is 30.2 Å². The van der Waals surface area contributed by atoms with Gasteiger partial charge in [-0.25, -0.2) is 0 Å². The van der Waals surface area contributed by atoms with Gasteiger partial charge in [0.1, 0.15) is 0 Å². The maximum absolute atomic E-state index is 12.8. The molecule has 1 aromatic carbocycles. The molecule has 1 rings (SSSR count). The Kier molecular flexibility index (Phi) is 6.42. The van der Waals surface area contributed by atoms with E-state index in [0.29, 0.717) is 18.1 Å². The Morgan fingerprint density at radius 2 is 1.68 bits per heavy atom. The van der Waals surface area contributed by atoms with E-state index in [1.807, 2.05) is 13.8 Å². The fraction of sp³-hybridized carbons (Fsp3) is 0.500. The number of nitrogens with zero attached hydrogens (tertiary/aromatic N) is 3. The third-order valence-electron chi connectivity index (χ3n) is 3.26. The molecule has 0 saturated heterocycles. The van der Waals surface area contributed by atoms with Crippen molar-refractivity contribution in [2.75, 3.05) is 5.43 Å². The third-order valence-corrected chi connectivity index (χ3v) is 3.26. The zero-order valence-corrected chi connectivity index (χ0v) is 13.8. The molecule has 138 valence electrons. The van der Waals surface area contributed by atoms with Crippen LogP contribution in [0.3, 0.4) is 0 Å². The highest BCUT2D eigenvalue weighted by molar-refractivity contribution is 5.84. The van der Waals surface area contributed by atoms with Gasteiger partial charge in [-0.1, -0.05) is 13.8 Å². The average Bonchev–Trinajstić information content (AvgIpc) is 2.48. The van der Waals surface area contributed by atoms with Crippen LogP contribution in [0.25, 0.3) is 0 Å². The van der Waals surface area contributed by atoms with Crippen LogP contribution in [0.2, 0.25) is 0 Å². The standard InChI is InChI=1S/C14H17F3N4O4/c1-8(2)4-5-9(3)18-19-13-11(20(22)23)6-10(14(15,16)17)7-12(13)21(24)25/h6-8,19H,4-5H2,1-3H3/b18-9-. The lowest BCUT2D eigenvalue weighted by molar-refractivity contribution is -0.392. The first-order valence-electron chi connectivity index (χ1n) is 7.26. The molecule has 0 heterocycles. The normalized spacial score (nSPS) is 12.4. The topological polar surface area (TPSA) is 111 Å². The number of anilines is 1. The summed E-state index contributed by atoms with van der Waals surface area (Å²) in [5.41, 5.74) is -1.60. The van der Waals surface area contributed by atoms with E-state index in [2.05, 4.69) is 10.5 Å². The molecule has 0 saturated carbocycles. The molecule has 0 bridgehead atoms. The minimum atomic E-state index is -4.95. The van der Waals surface area contributed by atoms with Gasteiger partial charge in [-0.2, -0.15) is 18.3 Å². The van der Waals surface area contributed by atoms with E-state index in [-0.39, 0.29) is 12.1 Å². The molecule has 0 fully saturated rings. The van der Waals surface area contributed by atoms with Gasteiger partial charge in [0.25, 0.3) is 0 Å². The van der Waals surface area contributed by atoms with E-state index in [1.165, 1.54) is 0 Å². The van der Waals surface area contributed by atoms with Crippen molar-refractivity contribution in [1.29, 1.82) is 0 Å². The van der Waals surface area contributed by atoms with Gasteiger partial charge in [0, 0.05) is 17.8 Å². The monoisotopic (exact) mass is 362 g/mol. The molecular formula is C14H17F3N4O4. The minimum Gasteiger partial charge on any atom is -0.266 e. The van der Waals surface area contributed by atoms with Crippen LogP contribution in [-0.2, 0) is 6.18 Å². The van der Waals surface area contributed by atoms with Crippen LogP contribution in [-0.4, -0.2) is 15.6 Å². The Labute approximate surface area is 141 Å². The largest absolute Gasteiger partial charge is 0.416 e. The van der Waals surface area contributed by atoms with Crippen molar-refractivity contribution >= 4 is 22.8 Å². The van der Waals surface area contributed by atoms with Gasteiger partial charge in [0.15, 0.2) is 0 Å². The number of hydrogen-bond donors (Lipinski definition) is 1. The summed E-state index contributed by atoms with van der Waals surface area (Å²) >= 11 is 0. The van der Waals surface area contributed by atoms with E-state index in [4.69, 9.17) is 0 Å². The number of hydrogen-bond acceptors (Lipinski definition) is 6. The molecule has 0 aliphatic heterocycles.